The molecule has 1 aliphatic heterocycles. The maximum atomic E-state index is 11.9. The Morgan fingerprint density at radius 2 is 2.14 bits per heavy atom. The van der Waals surface area contributed by atoms with E-state index in [1.807, 2.05) is 0 Å². The van der Waals surface area contributed by atoms with Crippen molar-refractivity contribution < 1.29 is 9.53 Å². The van der Waals surface area contributed by atoms with E-state index in [0.717, 1.165) is 12.8 Å². The molecule has 1 heterocycles. The van der Waals surface area contributed by atoms with Crippen LogP contribution in [-0.4, -0.2) is 11.4 Å². The fourth-order valence-corrected chi connectivity index (χ4v) is 2.04. The second kappa shape index (κ2) is 2.23. The predicted octanol–water partition coefficient (Wildman–Crippen LogP) is 2.03. The lowest BCUT2D eigenvalue weighted by atomic mass is 10.1. The number of anilines is 1. The summed E-state index contributed by atoms with van der Waals surface area (Å²) >= 11 is 5.96. The zero-order valence-electron chi connectivity index (χ0n) is 7.34. The van der Waals surface area contributed by atoms with Gasteiger partial charge in [0, 0.05) is 0 Å². The van der Waals surface area contributed by atoms with Gasteiger partial charge in [-0.05, 0) is 25.0 Å². The van der Waals surface area contributed by atoms with E-state index in [9.17, 15) is 4.79 Å². The Hall–Kier alpha value is -1.22. The highest BCUT2D eigenvalue weighted by atomic mass is 35.5. The van der Waals surface area contributed by atoms with Gasteiger partial charge in [-0.1, -0.05) is 11.6 Å². The average Bonchev–Trinajstić information content (AvgIpc) is 2.86. The van der Waals surface area contributed by atoms with Crippen molar-refractivity contribution in [2.24, 2.45) is 0 Å². The Kier molecular flexibility index (Phi) is 1.29. The quantitative estimate of drug-likeness (QED) is 0.666. The number of ether oxygens (including phenoxy) is 1. The van der Waals surface area contributed by atoms with Crippen LogP contribution in [0.3, 0.4) is 0 Å². The van der Waals surface area contributed by atoms with E-state index in [1.165, 1.54) is 0 Å². The Labute approximate surface area is 85.8 Å². The first-order valence-corrected chi connectivity index (χ1v) is 4.84. The molecule has 1 aliphatic carbocycles. The van der Waals surface area contributed by atoms with Crippen LogP contribution in [-0.2, 0) is 0 Å². The van der Waals surface area contributed by atoms with Crippen LogP contribution in [0.5, 0.6) is 5.75 Å². The summed E-state index contributed by atoms with van der Waals surface area (Å²) in [6.07, 6.45) is 1.58. The SMILES string of the molecule is Nc1ccc2c(c1Cl)C(=O)C1(CC1)O2. The monoisotopic (exact) mass is 209 g/mol. The van der Waals surface area contributed by atoms with E-state index in [-0.39, 0.29) is 5.78 Å². The van der Waals surface area contributed by atoms with Gasteiger partial charge in [0.25, 0.3) is 0 Å². The number of Topliss-reactive ketones (excluding diaryl/α,β-unsaturated/α-hetero) is 1. The fourth-order valence-electron chi connectivity index (χ4n) is 1.80. The van der Waals surface area contributed by atoms with Crippen LogP contribution >= 0.6 is 11.6 Å². The molecule has 0 unspecified atom stereocenters. The van der Waals surface area contributed by atoms with E-state index in [0.29, 0.717) is 22.0 Å². The summed E-state index contributed by atoms with van der Waals surface area (Å²) in [4.78, 5) is 11.9. The van der Waals surface area contributed by atoms with Crippen molar-refractivity contribution in [3.8, 4) is 5.75 Å². The lowest BCUT2D eigenvalue weighted by molar-refractivity contribution is 0.0820. The average molecular weight is 210 g/mol. The minimum atomic E-state index is -0.584. The lowest BCUT2D eigenvalue weighted by Crippen LogP contribution is -2.21. The van der Waals surface area contributed by atoms with Gasteiger partial charge in [0.05, 0.1) is 16.3 Å². The molecule has 1 aromatic carbocycles. The number of rotatable bonds is 0. The summed E-state index contributed by atoms with van der Waals surface area (Å²) in [6.45, 7) is 0. The topological polar surface area (TPSA) is 52.3 Å². The summed E-state index contributed by atoms with van der Waals surface area (Å²) < 4.78 is 5.56. The molecule has 1 saturated carbocycles. The van der Waals surface area contributed by atoms with Crippen LogP contribution in [0.2, 0.25) is 5.02 Å². The van der Waals surface area contributed by atoms with E-state index >= 15 is 0 Å². The summed E-state index contributed by atoms with van der Waals surface area (Å²) in [7, 11) is 0. The molecule has 0 radical (unpaired) electrons. The van der Waals surface area contributed by atoms with Gasteiger partial charge in [-0.3, -0.25) is 4.79 Å². The minimum absolute atomic E-state index is 0.00944. The summed E-state index contributed by atoms with van der Waals surface area (Å²) in [5.41, 5.74) is 5.93. The van der Waals surface area contributed by atoms with Crippen molar-refractivity contribution in [3.05, 3.63) is 22.7 Å². The van der Waals surface area contributed by atoms with Gasteiger partial charge in [-0.25, -0.2) is 0 Å². The molecule has 0 aromatic heterocycles. The molecule has 0 atom stereocenters. The second-order valence-electron chi connectivity index (χ2n) is 3.77. The predicted molar refractivity (Wildman–Crippen MR) is 52.8 cm³/mol. The number of hydrogen-bond acceptors (Lipinski definition) is 3. The van der Waals surface area contributed by atoms with Crippen molar-refractivity contribution in [2.75, 3.05) is 5.73 Å². The first-order valence-electron chi connectivity index (χ1n) is 4.46. The zero-order valence-corrected chi connectivity index (χ0v) is 8.10. The molecule has 0 bridgehead atoms. The Bertz CT molecular complexity index is 452. The van der Waals surface area contributed by atoms with Gasteiger partial charge in [0.1, 0.15) is 5.75 Å². The molecule has 1 aromatic rings. The number of halogens is 1. The molecule has 2 aliphatic rings. The molecule has 0 amide bonds. The number of nitrogen functional groups attached to an aromatic ring is 1. The third-order valence-corrected chi connectivity index (χ3v) is 3.19. The number of benzene rings is 1. The summed E-state index contributed by atoms with van der Waals surface area (Å²) in [6, 6.07) is 3.37. The largest absolute Gasteiger partial charge is 0.478 e. The first kappa shape index (κ1) is 8.12. The molecule has 4 heteroatoms. The van der Waals surface area contributed by atoms with Gasteiger partial charge in [-0.2, -0.15) is 0 Å². The maximum Gasteiger partial charge on any atom is 0.211 e. The summed E-state index contributed by atoms with van der Waals surface area (Å²) in [5.74, 6) is 0.566. The van der Waals surface area contributed by atoms with Crippen molar-refractivity contribution >= 4 is 23.1 Å². The van der Waals surface area contributed by atoms with Crippen LogP contribution < -0.4 is 10.5 Å². The molecular weight excluding hydrogens is 202 g/mol. The van der Waals surface area contributed by atoms with Gasteiger partial charge >= 0.3 is 0 Å². The molecule has 14 heavy (non-hydrogen) atoms. The van der Waals surface area contributed by atoms with Gasteiger partial charge in [-0.15, -0.1) is 0 Å². The number of fused-ring (bicyclic) bond motifs is 1. The van der Waals surface area contributed by atoms with E-state index in [2.05, 4.69) is 0 Å². The minimum Gasteiger partial charge on any atom is -0.478 e. The van der Waals surface area contributed by atoms with Crippen LogP contribution in [0, 0.1) is 0 Å². The van der Waals surface area contributed by atoms with Crippen molar-refractivity contribution in [1.82, 2.24) is 0 Å². The van der Waals surface area contributed by atoms with Crippen LogP contribution in [0.15, 0.2) is 12.1 Å². The number of hydrogen-bond donors (Lipinski definition) is 1. The standard InChI is InChI=1S/C10H8ClNO2/c11-8-5(12)1-2-6-7(8)9(13)10(14-6)3-4-10/h1-2H,3-4,12H2. The zero-order chi connectivity index (χ0) is 9.92. The molecule has 0 saturated heterocycles. The number of nitrogens with two attached hydrogens (primary N) is 1. The Balaban J connectivity index is 2.24. The number of carbonyl (C=O) groups excluding carboxylic acids is 1. The number of carbonyl (C=O) groups is 1. The molecule has 2 N–H and O–H groups in total. The molecule has 72 valence electrons. The number of ketones is 1. The molecular formula is C10H8ClNO2. The van der Waals surface area contributed by atoms with Gasteiger partial charge in [0.15, 0.2) is 5.60 Å². The smallest absolute Gasteiger partial charge is 0.211 e. The normalized spacial score (nSPS) is 20.8. The Morgan fingerprint density at radius 1 is 1.43 bits per heavy atom. The highest BCUT2D eigenvalue weighted by Gasteiger charge is 2.58. The van der Waals surface area contributed by atoms with E-state index < -0.39 is 5.60 Å². The van der Waals surface area contributed by atoms with Crippen LogP contribution in [0.25, 0.3) is 0 Å². The Morgan fingerprint density at radius 3 is 2.79 bits per heavy atom. The molecule has 3 rings (SSSR count). The van der Waals surface area contributed by atoms with Gasteiger partial charge in [0.2, 0.25) is 5.78 Å². The van der Waals surface area contributed by atoms with E-state index in [1.54, 1.807) is 12.1 Å². The second-order valence-corrected chi connectivity index (χ2v) is 4.15. The third kappa shape index (κ3) is 0.805. The molecule has 1 fully saturated rings. The highest BCUT2D eigenvalue weighted by Crippen LogP contribution is 2.52. The fraction of sp³-hybridized carbons (Fsp3) is 0.300. The molecule has 1 spiro atoms. The lowest BCUT2D eigenvalue weighted by Gasteiger charge is -2.03. The maximum absolute atomic E-state index is 11.9. The van der Waals surface area contributed by atoms with Crippen molar-refractivity contribution in [2.45, 2.75) is 18.4 Å². The van der Waals surface area contributed by atoms with Crippen LogP contribution in [0.1, 0.15) is 23.2 Å². The highest BCUT2D eigenvalue weighted by molar-refractivity contribution is 6.37. The molecule has 3 nitrogen and oxygen atoms in total. The van der Waals surface area contributed by atoms with Crippen LogP contribution in [0.4, 0.5) is 5.69 Å². The van der Waals surface area contributed by atoms with Crippen molar-refractivity contribution in [1.29, 1.82) is 0 Å². The third-order valence-electron chi connectivity index (χ3n) is 2.78. The summed E-state index contributed by atoms with van der Waals surface area (Å²) in [5, 5.41) is 0.330. The van der Waals surface area contributed by atoms with E-state index in [4.69, 9.17) is 22.1 Å². The first-order chi connectivity index (χ1) is 6.64. The van der Waals surface area contributed by atoms with Crippen molar-refractivity contribution in [3.63, 3.8) is 0 Å². The van der Waals surface area contributed by atoms with Gasteiger partial charge < -0.3 is 10.5 Å².